The van der Waals surface area contributed by atoms with Crippen molar-refractivity contribution in [1.82, 2.24) is 9.80 Å². The Labute approximate surface area is 149 Å². The second-order valence-corrected chi connectivity index (χ2v) is 7.37. The van der Waals surface area contributed by atoms with E-state index in [1.165, 1.54) is 7.11 Å². The van der Waals surface area contributed by atoms with Crippen molar-refractivity contribution in [2.75, 3.05) is 27.2 Å². The number of esters is 1. The molecular formula is C17H31N3O5. The van der Waals surface area contributed by atoms with Crippen molar-refractivity contribution >= 4 is 18.0 Å². The minimum absolute atomic E-state index is 0.0601. The average molecular weight is 357 g/mol. The summed E-state index contributed by atoms with van der Waals surface area (Å²) in [5, 5.41) is 0. The van der Waals surface area contributed by atoms with Gasteiger partial charge in [0.15, 0.2) is 0 Å². The number of ether oxygens (including phenoxy) is 2. The van der Waals surface area contributed by atoms with Crippen LogP contribution in [0.1, 0.15) is 46.5 Å². The van der Waals surface area contributed by atoms with Gasteiger partial charge in [-0.05, 0) is 40.0 Å². The molecule has 0 aromatic carbocycles. The lowest BCUT2D eigenvalue weighted by molar-refractivity contribution is -0.142. The molecular weight excluding hydrogens is 326 g/mol. The molecule has 0 aromatic rings. The van der Waals surface area contributed by atoms with Gasteiger partial charge in [-0.15, -0.1) is 0 Å². The van der Waals surface area contributed by atoms with Gasteiger partial charge in [0, 0.05) is 32.6 Å². The Hall–Kier alpha value is -1.83. The number of rotatable bonds is 5. The van der Waals surface area contributed by atoms with E-state index >= 15 is 0 Å². The van der Waals surface area contributed by atoms with Gasteiger partial charge < -0.3 is 25.0 Å². The quantitative estimate of drug-likeness (QED) is 0.740. The Kier molecular flexibility index (Phi) is 7.66. The number of methoxy groups -OCH3 is 1. The molecule has 0 radical (unpaired) electrons. The fraction of sp³-hybridized carbons (Fsp3) is 0.824. The van der Waals surface area contributed by atoms with Crippen molar-refractivity contribution in [2.45, 2.75) is 64.1 Å². The summed E-state index contributed by atoms with van der Waals surface area (Å²) >= 11 is 0. The van der Waals surface area contributed by atoms with E-state index in [1.54, 1.807) is 16.8 Å². The number of piperidine rings is 1. The molecule has 0 aliphatic carbocycles. The monoisotopic (exact) mass is 357 g/mol. The van der Waals surface area contributed by atoms with Crippen LogP contribution in [0.15, 0.2) is 0 Å². The van der Waals surface area contributed by atoms with Crippen LogP contribution in [0.25, 0.3) is 0 Å². The van der Waals surface area contributed by atoms with E-state index in [2.05, 4.69) is 4.74 Å². The lowest BCUT2D eigenvalue weighted by Gasteiger charge is -2.37. The van der Waals surface area contributed by atoms with E-state index in [9.17, 15) is 14.4 Å². The van der Waals surface area contributed by atoms with Crippen LogP contribution in [-0.4, -0.2) is 72.7 Å². The predicted molar refractivity (Wildman–Crippen MR) is 92.8 cm³/mol. The normalized spacial score (nSPS) is 17.0. The molecule has 0 aromatic heterocycles. The first kappa shape index (κ1) is 21.2. The largest absolute Gasteiger partial charge is 0.468 e. The lowest BCUT2D eigenvalue weighted by Crippen LogP contribution is -2.48. The van der Waals surface area contributed by atoms with Gasteiger partial charge in [-0.25, -0.2) is 4.79 Å². The summed E-state index contributed by atoms with van der Waals surface area (Å²) in [7, 11) is 3.02. The molecule has 8 heteroatoms. The number of hydrogen-bond acceptors (Lipinski definition) is 6. The number of nitrogens with two attached hydrogens (primary N) is 1. The second-order valence-electron chi connectivity index (χ2n) is 7.37. The first-order chi connectivity index (χ1) is 11.5. The molecule has 1 aliphatic heterocycles. The van der Waals surface area contributed by atoms with Crippen LogP contribution < -0.4 is 5.73 Å². The molecule has 8 nitrogen and oxygen atoms in total. The average Bonchev–Trinajstić information content (AvgIpc) is 2.56. The number of carbonyl (C=O) groups excluding carboxylic acids is 3. The van der Waals surface area contributed by atoms with Crippen molar-refractivity contribution in [3.8, 4) is 0 Å². The van der Waals surface area contributed by atoms with Crippen LogP contribution in [0.5, 0.6) is 0 Å². The van der Waals surface area contributed by atoms with Crippen LogP contribution in [0, 0.1) is 0 Å². The Morgan fingerprint density at radius 2 is 1.80 bits per heavy atom. The maximum Gasteiger partial charge on any atom is 0.410 e. The number of amides is 2. The fourth-order valence-corrected chi connectivity index (χ4v) is 2.69. The van der Waals surface area contributed by atoms with Crippen molar-refractivity contribution in [2.24, 2.45) is 5.73 Å². The van der Waals surface area contributed by atoms with Crippen molar-refractivity contribution in [3.05, 3.63) is 0 Å². The van der Waals surface area contributed by atoms with Gasteiger partial charge >= 0.3 is 12.1 Å². The van der Waals surface area contributed by atoms with Crippen LogP contribution in [0.2, 0.25) is 0 Å². The number of hydrogen-bond donors (Lipinski definition) is 1. The molecule has 0 spiro atoms. The number of carbonyl (C=O) groups is 3. The minimum Gasteiger partial charge on any atom is -0.468 e. The fourth-order valence-electron chi connectivity index (χ4n) is 2.69. The zero-order valence-electron chi connectivity index (χ0n) is 15.9. The highest BCUT2D eigenvalue weighted by Gasteiger charge is 2.30. The first-order valence-corrected chi connectivity index (χ1v) is 8.62. The van der Waals surface area contributed by atoms with E-state index in [-0.39, 0.29) is 30.9 Å². The van der Waals surface area contributed by atoms with Crippen LogP contribution in [0.3, 0.4) is 0 Å². The topological polar surface area (TPSA) is 102 Å². The predicted octanol–water partition coefficient (Wildman–Crippen LogP) is 1.12. The molecule has 1 saturated heterocycles. The number of likely N-dealkylation sites (tertiary alicyclic amines) is 1. The zero-order valence-corrected chi connectivity index (χ0v) is 15.9. The van der Waals surface area contributed by atoms with Crippen LogP contribution in [-0.2, 0) is 19.1 Å². The molecule has 25 heavy (non-hydrogen) atoms. The first-order valence-electron chi connectivity index (χ1n) is 8.62. The maximum absolute atomic E-state index is 12.3. The third-order valence-corrected chi connectivity index (χ3v) is 4.23. The van der Waals surface area contributed by atoms with E-state index in [0.717, 1.165) is 0 Å². The summed E-state index contributed by atoms with van der Waals surface area (Å²) in [6.45, 7) is 6.62. The summed E-state index contributed by atoms with van der Waals surface area (Å²) in [5.74, 6) is -0.573. The molecule has 1 unspecified atom stereocenters. The van der Waals surface area contributed by atoms with E-state index in [0.29, 0.717) is 25.9 Å². The van der Waals surface area contributed by atoms with Crippen LogP contribution >= 0.6 is 0 Å². The maximum atomic E-state index is 12.3. The third kappa shape index (κ3) is 6.89. The van der Waals surface area contributed by atoms with Gasteiger partial charge in [0.2, 0.25) is 5.91 Å². The molecule has 0 saturated carbocycles. The molecule has 1 aliphatic rings. The molecule has 1 rings (SSSR count). The van der Waals surface area contributed by atoms with E-state index in [4.69, 9.17) is 10.5 Å². The van der Waals surface area contributed by atoms with Gasteiger partial charge in [-0.3, -0.25) is 9.59 Å². The summed E-state index contributed by atoms with van der Waals surface area (Å²) in [6.07, 6.45) is 1.53. The van der Waals surface area contributed by atoms with Crippen molar-refractivity contribution < 1.29 is 23.9 Å². The van der Waals surface area contributed by atoms with Crippen molar-refractivity contribution in [3.63, 3.8) is 0 Å². The molecule has 2 N–H and O–H groups in total. The second kappa shape index (κ2) is 9.03. The summed E-state index contributed by atoms with van der Waals surface area (Å²) in [6, 6.07) is -0.711. The molecule has 1 heterocycles. The summed E-state index contributed by atoms with van der Waals surface area (Å²) in [4.78, 5) is 39.0. The van der Waals surface area contributed by atoms with Gasteiger partial charge in [0.1, 0.15) is 11.6 Å². The highest BCUT2D eigenvalue weighted by Crippen LogP contribution is 2.19. The van der Waals surface area contributed by atoms with E-state index in [1.807, 2.05) is 20.8 Å². The van der Waals surface area contributed by atoms with Crippen LogP contribution in [0.4, 0.5) is 4.79 Å². The molecule has 0 bridgehead atoms. The Morgan fingerprint density at radius 1 is 1.24 bits per heavy atom. The van der Waals surface area contributed by atoms with E-state index < -0.39 is 17.6 Å². The number of nitrogens with zero attached hydrogens (tertiary/aromatic N) is 2. The minimum atomic E-state index is -0.781. The molecule has 1 atom stereocenters. The Bertz CT molecular complexity index is 481. The zero-order chi connectivity index (χ0) is 19.2. The molecule has 144 valence electrons. The highest BCUT2D eigenvalue weighted by atomic mass is 16.6. The smallest absolute Gasteiger partial charge is 0.410 e. The highest BCUT2D eigenvalue weighted by molar-refractivity contribution is 5.79. The van der Waals surface area contributed by atoms with Gasteiger partial charge in [0.25, 0.3) is 0 Å². The van der Waals surface area contributed by atoms with Gasteiger partial charge in [-0.1, -0.05) is 0 Å². The lowest BCUT2D eigenvalue weighted by atomic mass is 10.0. The Morgan fingerprint density at radius 3 is 2.28 bits per heavy atom. The molecule has 2 amide bonds. The van der Waals surface area contributed by atoms with Gasteiger partial charge in [-0.2, -0.15) is 0 Å². The molecule has 1 fully saturated rings. The van der Waals surface area contributed by atoms with Crippen molar-refractivity contribution in [1.29, 1.82) is 0 Å². The SMILES string of the molecule is COC(=O)C(N)CCC(=O)N(C)C1CCN(C(=O)OC(C)(C)C)CC1. The third-order valence-electron chi connectivity index (χ3n) is 4.23. The van der Waals surface area contributed by atoms with Gasteiger partial charge in [0.05, 0.1) is 7.11 Å². The summed E-state index contributed by atoms with van der Waals surface area (Å²) in [5.41, 5.74) is 5.14. The standard InChI is InChI=1S/C17H31N3O5/c1-17(2,3)25-16(23)20-10-8-12(9-11-20)19(4)14(21)7-6-13(18)15(22)24-5/h12-13H,6-11,18H2,1-5H3. The summed E-state index contributed by atoms with van der Waals surface area (Å²) < 4.78 is 9.92. The Balaban J connectivity index is 2.42.